The van der Waals surface area contributed by atoms with Crippen LogP contribution in [0.5, 0.6) is 0 Å². The van der Waals surface area contributed by atoms with Crippen LogP contribution in [-0.2, 0) is 4.79 Å². The summed E-state index contributed by atoms with van der Waals surface area (Å²) in [5.41, 5.74) is 1.18. The first-order valence-corrected chi connectivity index (χ1v) is 4.31. The maximum Gasteiger partial charge on any atom is 0.307 e. The quantitative estimate of drug-likeness (QED) is 0.659. The highest BCUT2D eigenvalue weighted by atomic mass is 16.4. The molecule has 0 aromatic heterocycles. The van der Waals surface area contributed by atoms with E-state index in [1.165, 1.54) is 5.57 Å². The molecule has 0 aliphatic carbocycles. The third kappa shape index (κ3) is 4.16. The van der Waals surface area contributed by atoms with Crippen LogP contribution >= 0.6 is 0 Å². The number of carboxylic acids is 1. The first-order valence-electron chi connectivity index (χ1n) is 4.31. The summed E-state index contributed by atoms with van der Waals surface area (Å²) in [7, 11) is 0. The van der Waals surface area contributed by atoms with Crippen LogP contribution in [0.4, 0.5) is 0 Å². The van der Waals surface area contributed by atoms with Gasteiger partial charge in [0, 0.05) is 0 Å². The predicted molar refractivity (Wildman–Crippen MR) is 50.0 cm³/mol. The van der Waals surface area contributed by atoms with Crippen LogP contribution in [0.3, 0.4) is 0 Å². The Kier molecular flexibility index (Phi) is 4.64. The molecule has 70 valence electrons. The minimum Gasteiger partial charge on any atom is -0.481 e. The molecule has 0 spiro atoms. The highest BCUT2D eigenvalue weighted by Crippen LogP contribution is 2.16. The van der Waals surface area contributed by atoms with Gasteiger partial charge >= 0.3 is 5.97 Å². The van der Waals surface area contributed by atoms with E-state index in [0.29, 0.717) is 6.42 Å². The zero-order valence-corrected chi connectivity index (χ0v) is 8.29. The highest BCUT2D eigenvalue weighted by molar-refractivity contribution is 5.70. The van der Waals surface area contributed by atoms with Gasteiger partial charge < -0.3 is 5.11 Å². The third-order valence-electron chi connectivity index (χ3n) is 1.90. The normalized spacial score (nSPS) is 12.8. The van der Waals surface area contributed by atoms with Gasteiger partial charge in [-0.3, -0.25) is 4.79 Å². The van der Waals surface area contributed by atoms with Gasteiger partial charge in [-0.05, 0) is 26.2 Å². The molecule has 0 saturated carbocycles. The summed E-state index contributed by atoms with van der Waals surface area (Å²) in [4.78, 5) is 10.7. The molecule has 0 amide bonds. The fourth-order valence-electron chi connectivity index (χ4n) is 1.02. The number of allylic oxidation sites excluding steroid dienone is 2. The molecule has 2 nitrogen and oxygen atoms in total. The van der Waals surface area contributed by atoms with E-state index in [-0.39, 0.29) is 11.8 Å². The monoisotopic (exact) mass is 170 g/mol. The summed E-state index contributed by atoms with van der Waals surface area (Å²) in [6.45, 7) is 7.85. The van der Waals surface area contributed by atoms with E-state index >= 15 is 0 Å². The van der Waals surface area contributed by atoms with Gasteiger partial charge in [-0.1, -0.05) is 25.5 Å². The number of aliphatic carboxylic acids is 1. The molecule has 1 N–H and O–H groups in total. The van der Waals surface area contributed by atoms with Crippen LogP contribution in [-0.4, -0.2) is 11.1 Å². The summed E-state index contributed by atoms with van der Waals surface area (Å²) in [6, 6.07) is 0. The minimum atomic E-state index is -0.692. The summed E-state index contributed by atoms with van der Waals surface area (Å²) in [5.74, 6) is -0.722. The van der Waals surface area contributed by atoms with Gasteiger partial charge in [0.05, 0.1) is 5.92 Å². The van der Waals surface area contributed by atoms with Crippen LogP contribution in [0.25, 0.3) is 0 Å². The van der Waals surface area contributed by atoms with E-state index in [4.69, 9.17) is 5.11 Å². The molecule has 0 bridgehead atoms. The van der Waals surface area contributed by atoms with Crippen LogP contribution in [0.15, 0.2) is 11.6 Å². The molecule has 0 aliphatic heterocycles. The Morgan fingerprint density at radius 1 is 1.42 bits per heavy atom. The molecule has 1 unspecified atom stereocenters. The van der Waals surface area contributed by atoms with Crippen LogP contribution < -0.4 is 0 Å². The van der Waals surface area contributed by atoms with Crippen LogP contribution in [0.1, 0.15) is 34.1 Å². The van der Waals surface area contributed by atoms with Crippen LogP contribution in [0.2, 0.25) is 0 Å². The molecule has 0 aliphatic rings. The minimum absolute atomic E-state index is 0.207. The number of hydrogen-bond donors (Lipinski definition) is 1. The Labute approximate surface area is 74.3 Å². The fourth-order valence-corrected chi connectivity index (χ4v) is 1.02. The maximum absolute atomic E-state index is 10.7. The molecule has 0 radical (unpaired) electrons. The highest BCUT2D eigenvalue weighted by Gasteiger charge is 2.19. The van der Waals surface area contributed by atoms with E-state index in [9.17, 15) is 4.79 Å². The van der Waals surface area contributed by atoms with E-state index in [1.807, 2.05) is 33.8 Å². The number of carboxylic acid groups (broad SMARTS) is 1. The van der Waals surface area contributed by atoms with Crippen molar-refractivity contribution >= 4 is 5.97 Å². The van der Waals surface area contributed by atoms with Crippen molar-refractivity contribution in [2.45, 2.75) is 34.1 Å². The second-order valence-corrected chi connectivity index (χ2v) is 3.71. The van der Waals surface area contributed by atoms with Crippen molar-refractivity contribution < 1.29 is 9.90 Å². The molecule has 1 atom stereocenters. The molecule has 2 heteroatoms. The number of rotatable bonds is 4. The predicted octanol–water partition coefficient (Wildman–Crippen LogP) is 2.70. The molecule has 0 rings (SSSR count). The van der Waals surface area contributed by atoms with E-state index in [2.05, 4.69) is 0 Å². The lowest BCUT2D eigenvalue weighted by Crippen LogP contribution is -2.18. The van der Waals surface area contributed by atoms with E-state index in [1.54, 1.807) is 0 Å². The molecule has 0 heterocycles. The van der Waals surface area contributed by atoms with Gasteiger partial charge in [0.25, 0.3) is 0 Å². The summed E-state index contributed by atoms with van der Waals surface area (Å²) < 4.78 is 0. The Morgan fingerprint density at radius 2 is 1.92 bits per heavy atom. The number of hydrogen-bond acceptors (Lipinski definition) is 1. The van der Waals surface area contributed by atoms with Crippen molar-refractivity contribution in [1.29, 1.82) is 0 Å². The zero-order valence-electron chi connectivity index (χ0n) is 8.29. The smallest absolute Gasteiger partial charge is 0.307 e. The van der Waals surface area contributed by atoms with Crippen molar-refractivity contribution in [3.8, 4) is 0 Å². The van der Waals surface area contributed by atoms with Crippen molar-refractivity contribution in [1.82, 2.24) is 0 Å². The molecular formula is C10H18O2. The molecule has 0 aromatic carbocycles. The van der Waals surface area contributed by atoms with Crippen molar-refractivity contribution in [3.05, 3.63) is 11.6 Å². The van der Waals surface area contributed by atoms with Crippen molar-refractivity contribution in [2.75, 3.05) is 0 Å². The second-order valence-electron chi connectivity index (χ2n) is 3.71. The van der Waals surface area contributed by atoms with Gasteiger partial charge in [-0.2, -0.15) is 0 Å². The average Bonchev–Trinajstić information content (AvgIpc) is 1.84. The molecule has 0 aromatic rings. The van der Waals surface area contributed by atoms with Crippen molar-refractivity contribution in [3.63, 3.8) is 0 Å². The number of carbonyl (C=O) groups is 1. The fraction of sp³-hybridized carbons (Fsp3) is 0.700. The van der Waals surface area contributed by atoms with E-state index < -0.39 is 5.97 Å². The lowest BCUT2D eigenvalue weighted by Gasteiger charge is -2.13. The average molecular weight is 170 g/mol. The largest absolute Gasteiger partial charge is 0.481 e. The standard InChI is InChI=1S/C10H18O2/c1-7(2)5-6-9(8(3)4)10(11)12/h5,8-9H,6H2,1-4H3,(H,11,12). The first kappa shape index (κ1) is 11.2. The van der Waals surface area contributed by atoms with Gasteiger partial charge in [0.15, 0.2) is 0 Å². The Morgan fingerprint density at radius 3 is 2.17 bits per heavy atom. The molecular weight excluding hydrogens is 152 g/mol. The van der Waals surface area contributed by atoms with E-state index in [0.717, 1.165) is 0 Å². The Bertz CT molecular complexity index is 176. The first-order chi connectivity index (χ1) is 5.45. The molecule has 0 saturated heterocycles. The second kappa shape index (κ2) is 4.96. The zero-order chi connectivity index (χ0) is 9.72. The van der Waals surface area contributed by atoms with Gasteiger partial charge in [0.1, 0.15) is 0 Å². The Balaban J connectivity index is 4.15. The van der Waals surface area contributed by atoms with Crippen molar-refractivity contribution in [2.24, 2.45) is 11.8 Å². The Hall–Kier alpha value is -0.790. The topological polar surface area (TPSA) is 37.3 Å². The summed E-state index contributed by atoms with van der Waals surface area (Å²) >= 11 is 0. The summed E-state index contributed by atoms with van der Waals surface area (Å²) in [5, 5.41) is 8.83. The maximum atomic E-state index is 10.7. The third-order valence-corrected chi connectivity index (χ3v) is 1.90. The SMILES string of the molecule is CC(C)=CCC(C(=O)O)C(C)C. The lowest BCUT2D eigenvalue weighted by molar-refractivity contribution is -0.143. The van der Waals surface area contributed by atoms with Gasteiger partial charge in [0.2, 0.25) is 0 Å². The summed E-state index contributed by atoms with van der Waals surface area (Å²) in [6.07, 6.45) is 2.63. The van der Waals surface area contributed by atoms with Gasteiger partial charge in [-0.15, -0.1) is 0 Å². The lowest BCUT2D eigenvalue weighted by atomic mass is 9.92. The van der Waals surface area contributed by atoms with Crippen LogP contribution in [0, 0.1) is 11.8 Å². The molecule has 12 heavy (non-hydrogen) atoms. The molecule has 0 fully saturated rings. The van der Waals surface area contributed by atoms with Gasteiger partial charge in [-0.25, -0.2) is 0 Å².